The number of nitrogens with one attached hydrogen (secondary N) is 2. The molecule has 1 aromatic carbocycles. The van der Waals surface area contributed by atoms with Crippen molar-refractivity contribution < 1.29 is 18.7 Å². The molecule has 1 rings (SSSR count). The maximum Gasteiger partial charge on any atom is 0.245 e. The second-order valence-electron chi connectivity index (χ2n) is 7.56. The number of benzene rings is 1. The van der Waals surface area contributed by atoms with Crippen molar-refractivity contribution in [3.8, 4) is 12.8 Å². The third-order valence-corrected chi connectivity index (χ3v) is 5.06. The van der Waals surface area contributed by atoms with Gasteiger partial charge in [0.15, 0.2) is 0 Å². The lowest BCUT2D eigenvalue weighted by atomic mass is 9.89. The number of carbonyl (C=O) groups is 1. The van der Waals surface area contributed by atoms with Crippen LogP contribution in [0, 0.1) is 18.8 Å². The van der Waals surface area contributed by atoms with Crippen molar-refractivity contribution >= 4 is 5.91 Å². The Morgan fingerprint density at radius 3 is 2.53 bits per heavy atom. The van der Waals surface area contributed by atoms with Crippen molar-refractivity contribution in [3.05, 3.63) is 96.7 Å². The van der Waals surface area contributed by atoms with E-state index in [-0.39, 0.29) is 18.2 Å². The molecule has 2 atom stereocenters. The molecule has 1 aromatic rings. The largest absolute Gasteiger partial charge is 0.387 e. The van der Waals surface area contributed by atoms with Gasteiger partial charge in [-0.3, -0.25) is 4.79 Å². The Balaban J connectivity index is 0. The van der Waals surface area contributed by atoms with Crippen LogP contribution in [0.3, 0.4) is 0 Å². The number of hydrogen-bond donors (Lipinski definition) is 3. The van der Waals surface area contributed by atoms with Crippen LogP contribution in [-0.4, -0.2) is 37.8 Å². The first-order chi connectivity index (χ1) is 17.5. The van der Waals surface area contributed by atoms with Gasteiger partial charge in [-0.1, -0.05) is 61.6 Å². The van der Waals surface area contributed by atoms with Crippen LogP contribution in [0.5, 0.6) is 0 Å². The fourth-order valence-electron chi connectivity index (χ4n) is 3.20. The monoisotopic (exact) mass is 500 g/mol. The van der Waals surface area contributed by atoms with Gasteiger partial charge in [-0.15, -0.1) is 19.4 Å². The Morgan fingerprint density at radius 2 is 1.97 bits per heavy atom. The summed E-state index contributed by atoms with van der Waals surface area (Å²) < 4.78 is 23.3. The lowest BCUT2D eigenvalue weighted by Gasteiger charge is -2.17. The molecule has 1 amide bonds. The molecule has 0 bridgehead atoms. The summed E-state index contributed by atoms with van der Waals surface area (Å²) in [7, 11) is 1.98. The molecule has 0 fully saturated rings. The van der Waals surface area contributed by atoms with E-state index in [1.807, 2.05) is 25.3 Å². The first kappa shape index (κ1) is 34.9. The number of aliphatic hydroxyl groups is 1. The second kappa shape index (κ2) is 24.8. The van der Waals surface area contributed by atoms with Crippen LogP contribution in [-0.2, 0) is 11.2 Å². The highest BCUT2D eigenvalue weighted by atomic mass is 19.1. The highest BCUT2D eigenvalue weighted by Crippen LogP contribution is 2.25. The van der Waals surface area contributed by atoms with Gasteiger partial charge >= 0.3 is 0 Å². The van der Waals surface area contributed by atoms with Gasteiger partial charge in [-0.2, -0.15) is 0 Å². The van der Waals surface area contributed by atoms with Gasteiger partial charge < -0.3 is 15.7 Å². The Morgan fingerprint density at radius 1 is 1.28 bits per heavy atom. The quantitative estimate of drug-likeness (QED) is 0.168. The summed E-state index contributed by atoms with van der Waals surface area (Å²) in [6.07, 6.45) is 22.6. The van der Waals surface area contributed by atoms with Crippen LogP contribution >= 0.6 is 0 Å². The first-order valence-corrected chi connectivity index (χ1v) is 11.9. The average Bonchev–Trinajstić information content (AvgIpc) is 2.91. The van der Waals surface area contributed by atoms with E-state index in [9.17, 15) is 13.6 Å². The van der Waals surface area contributed by atoms with Gasteiger partial charge in [0.1, 0.15) is 12.4 Å². The van der Waals surface area contributed by atoms with Crippen molar-refractivity contribution in [2.45, 2.75) is 39.0 Å². The summed E-state index contributed by atoms with van der Waals surface area (Å²) >= 11 is 0. The van der Waals surface area contributed by atoms with Gasteiger partial charge in [0.25, 0.3) is 0 Å². The molecule has 0 spiro atoms. The Hall–Kier alpha value is -3.27. The van der Waals surface area contributed by atoms with E-state index >= 15 is 0 Å². The van der Waals surface area contributed by atoms with Crippen LogP contribution < -0.4 is 10.6 Å². The third kappa shape index (κ3) is 17.2. The smallest absolute Gasteiger partial charge is 0.245 e. The van der Waals surface area contributed by atoms with E-state index < -0.39 is 12.4 Å². The second-order valence-corrected chi connectivity index (χ2v) is 7.56. The fourth-order valence-corrected chi connectivity index (χ4v) is 3.20. The molecule has 198 valence electrons. The number of terminal acetylenes is 1. The van der Waals surface area contributed by atoms with Crippen LogP contribution in [0.2, 0.25) is 0 Å². The van der Waals surface area contributed by atoms with Crippen LogP contribution in [0.4, 0.5) is 8.78 Å². The molecule has 0 aliphatic carbocycles. The summed E-state index contributed by atoms with van der Waals surface area (Å²) in [5.74, 6) is -0.112. The van der Waals surface area contributed by atoms with E-state index in [2.05, 4.69) is 61.3 Å². The third-order valence-electron chi connectivity index (χ3n) is 5.06. The molecule has 0 heterocycles. The highest BCUT2D eigenvalue weighted by molar-refractivity contribution is 5.76. The molecule has 3 N–H and O–H groups in total. The molecule has 0 aliphatic heterocycles. The minimum atomic E-state index is -0.587. The van der Waals surface area contributed by atoms with Gasteiger partial charge in [-0.25, -0.2) is 8.78 Å². The summed E-state index contributed by atoms with van der Waals surface area (Å²) in [4.78, 5) is 11.2. The van der Waals surface area contributed by atoms with Crippen molar-refractivity contribution in [3.63, 3.8) is 0 Å². The lowest BCUT2D eigenvalue weighted by Crippen LogP contribution is -2.28. The van der Waals surface area contributed by atoms with E-state index in [0.717, 1.165) is 31.9 Å². The minimum Gasteiger partial charge on any atom is -0.387 e. The van der Waals surface area contributed by atoms with Crippen molar-refractivity contribution in [2.75, 3.05) is 26.7 Å². The SMILES string of the molecule is C#C.C=CC(C/C=C/[C@H](CC)CNC)c1ccccc1CCNC(=O)CO.C\C=C/C=C(F)\C=C\F. The van der Waals surface area contributed by atoms with Crippen molar-refractivity contribution in [1.29, 1.82) is 0 Å². The van der Waals surface area contributed by atoms with Gasteiger partial charge in [-0.05, 0) is 56.4 Å². The van der Waals surface area contributed by atoms with Crippen LogP contribution in [0.1, 0.15) is 43.7 Å². The average molecular weight is 501 g/mol. The first-order valence-electron chi connectivity index (χ1n) is 11.9. The number of amides is 1. The highest BCUT2D eigenvalue weighted by Gasteiger charge is 2.11. The van der Waals surface area contributed by atoms with E-state index in [1.165, 1.54) is 23.3 Å². The van der Waals surface area contributed by atoms with Gasteiger partial charge in [0.05, 0.1) is 6.33 Å². The number of allylic oxidation sites excluding steroid dienone is 7. The molecule has 0 saturated heterocycles. The zero-order valence-corrected chi connectivity index (χ0v) is 21.8. The van der Waals surface area contributed by atoms with E-state index in [0.29, 0.717) is 12.5 Å². The van der Waals surface area contributed by atoms with Crippen LogP contribution in [0.25, 0.3) is 0 Å². The van der Waals surface area contributed by atoms with E-state index in [1.54, 1.807) is 13.0 Å². The van der Waals surface area contributed by atoms with Crippen molar-refractivity contribution in [1.82, 2.24) is 10.6 Å². The van der Waals surface area contributed by atoms with Gasteiger partial charge in [0.2, 0.25) is 5.91 Å². The number of rotatable bonds is 14. The molecular formula is C30H42F2N2O2. The number of halogens is 2. The van der Waals surface area contributed by atoms with Crippen LogP contribution in [0.15, 0.2) is 85.5 Å². The Labute approximate surface area is 216 Å². The zero-order valence-electron chi connectivity index (χ0n) is 21.8. The molecule has 0 aromatic heterocycles. The zero-order chi connectivity index (χ0) is 27.6. The maximum atomic E-state index is 12.1. The molecule has 4 nitrogen and oxygen atoms in total. The summed E-state index contributed by atoms with van der Waals surface area (Å²) in [5, 5.41) is 14.7. The topological polar surface area (TPSA) is 61.4 Å². The lowest BCUT2D eigenvalue weighted by molar-refractivity contribution is -0.123. The molecule has 0 aliphatic rings. The fraction of sp³-hybridized carbons (Fsp3) is 0.367. The predicted molar refractivity (Wildman–Crippen MR) is 149 cm³/mol. The summed E-state index contributed by atoms with van der Waals surface area (Å²) in [6, 6.07) is 8.29. The molecule has 0 saturated carbocycles. The maximum absolute atomic E-state index is 12.1. The van der Waals surface area contributed by atoms with Gasteiger partial charge in [0, 0.05) is 25.1 Å². The number of carbonyl (C=O) groups excluding carboxylic acids is 1. The predicted octanol–water partition coefficient (Wildman–Crippen LogP) is 5.95. The molecule has 6 heteroatoms. The molecular weight excluding hydrogens is 458 g/mol. The molecule has 1 unspecified atom stereocenters. The Kier molecular flexibility index (Phi) is 24.1. The number of aliphatic hydroxyl groups excluding tert-OH is 1. The number of hydrogen-bond acceptors (Lipinski definition) is 3. The summed E-state index contributed by atoms with van der Waals surface area (Å²) in [6.45, 7) is 9.01. The Bertz CT molecular complexity index is 858. The molecule has 36 heavy (non-hydrogen) atoms. The normalized spacial score (nSPS) is 12.9. The van der Waals surface area contributed by atoms with E-state index in [4.69, 9.17) is 5.11 Å². The summed E-state index contributed by atoms with van der Waals surface area (Å²) in [5.41, 5.74) is 2.46. The molecule has 0 radical (unpaired) electrons. The van der Waals surface area contributed by atoms with Crippen molar-refractivity contribution in [2.24, 2.45) is 5.92 Å². The standard InChI is InChI=1S/C21H32N2O2.C7H8F2.C2H2/c1-4-17(15-22-3)9-8-11-18(5-2)20-12-7-6-10-19(20)13-14-23-21(25)16-24;1-2-3-4-7(9)5-6-8;1-2/h5-10,12,17-18,22,24H,2,4,11,13-16H2,1,3H3,(H,23,25);2-6H,1H3;1-2H/b9-8+;3-2-,6-5+,7-4+;/t17-,18?;;/m0../s1. The minimum absolute atomic E-state index is 0.162.